The first kappa shape index (κ1) is 19.4. The van der Waals surface area contributed by atoms with Crippen LogP contribution < -0.4 is 0 Å². The fourth-order valence-corrected chi connectivity index (χ4v) is 4.55. The Morgan fingerprint density at radius 3 is 2.81 bits per heavy atom. The number of nitrogens with one attached hydrogen (secondary N) is 1. The molecule has 5 rings (SSSR count). The molecule has 31 heavy (non-hydrogen) atoms. The molecule has 1 N–H and O–H groups in total. The molecule has 4 aromatic rings. The van der Waals surface area contributed by atoms with Crippen LogP contribution >= 0.6 is 11.3 Å². The average Bonchev–Trinajstić information content (AvgIpc) is 3.31. The number of esters is 1. The summed E-state index contributed by atoms with van der Waals surface area (Å²) < 4.78 is 5.77. The summed E-state index contributed by atoms with van der Waals surface area (Å²) in [6.45, 7) is 0.435. The first-order valence-electron chi connectivity index (χ1n) is 10.0. The molecular formula is C23H20N4O3S. The normalized spacial score (nSPS) is 13.3. The third-order valence-electron chi connectivity index (χ3n) is 5.35. The van der Waals surface area contributed by atoms with E-state index in [0.29, 0.717) is 17.1 Å². The van der Waals surface area contributed by atoms with Gasteiger partial charge >= 0.3 is 5.97 Å². The van der Waals surface area contributed by atoms with E-state index in [2.05, 4.69) is 15.2 Å². The van der Waals surface area contributed by atoms with Crippen molar-refractivity contribution in [2.24, 2.45) is 0 Å². The molecule has 1 aliphatic carbocycles. The number of hydrogen-bond donors (Lipinski definition) is 1. The number of aromatic nitrogens is 3. The van der Waals surface area contributed by atoms with Crippen molar-refractivity contribution >= 4 is 33.4 Å². The van der Waals surface area contributed by atoms with E-state index in [4.69, 9.17) is 4.74 Å². The summed E-state index contributed by atoms with van der Waals surface area (Å²) in [5.74, 6) is -0.456. The van der Waals surface area contributed by atoms with Gasteiger partial charge in [-0.1, -0.05) is 18.2 Å². The molecule has 156 valence electrons. The molecule has 0 radical (unpaired) electrons. The molecule has 8 heteroatoms. The molecule has 1 aliphatic rings. The van der Waals surface area contributed by atoms with Crippen LogP contribution in [-0.2, 0) is 11.3 Å². The van der Waals surface area contributed by atoms with Crippen LogP contribution in [0.3, 0.4) is 0 Å². The van der Waals surface area contributed by atoms with Gasteiger partial charge in [0.25, 0.3) is 5.91 Å². The highest BCUT2D eigenvalue weighted by Crippen LogP contribution is 2.33. The van der Waals surface area contributed by atoms with E-state index in [0.717, 1.165) is 39.7 Å². The Hall–Kier alpha value is -3.52. The number of rotatable bonds is 6. The van der Waals surface area contributed by atoms with Gasteiger partial charge in [-0.25, -0.2) is 9.78 Å². The van der Waals surface area contributed by atoms with Gasteiger partial charge in [-0.2, -0.15) is 5.10 Å². The summed E-state index contributed by atoms with van der Waals surface area (Å²) >= 11 is 1.41. The van der Waals surface area contributed by atoms with Crippen molar-refractivity contribution in [3.8, 4) is 11.1 Å². The van der Waals surface area contributed by atoms with Crippen molar-refractivity contribution in [3.05, 3.63) is 71.0 Å². The van der Waals surface area contributed by atoms with E-state index in [-0.39, 0.29) is 17.9 Å². The summed E-state index contributed by atoms with van der Waals surface area (Å²) in [4.78, 5) is 31.7. The predicted molar refractivity (Wildman–Crippen MR) is 118 cm³/mol. The highest BCUT2D eigenvalue weighted by atomic mass is 32.1. The summed E-state index contributed by atoms with van der Waals surface area (Å²) in [5, 5.41) is 7.30. The molecular weight excluding hydrogens is 412 g/mol. The maximum absolute atomic E-state index is 13.4. The van der Waals surface area contributed by atoms with E-state index in [1.807, 2.05) is 41.4 Å². The van der Waals surface area contributed by atoms with E-state index < -0.39 is 0 Å². The van der Waals surface area contributed by atoms with Gasteiger partial charge in [-0.15, -0.1) is 11.3 Å². The van der Waals surface area contributed by atoms with Crippen LogP contribution in [0.5, 0.6) is 0 Å². The molecule has 0 atom stereocenters. The monoisotopic (exact) mass is 432 g/mol. The number of aromatic amines is 1. The number of methoxy groups -OCH3 is 1. The Bertz CT molecular complexity index is 1260. The summed E-state index contributed by atoms with van der Waals surface area (Å²) in [5.41, 5.74) is 4.21. The number of H-pyrrole nitrogens is 1. The number of fused-ring (bicyclic) bond motifs is 1. The molecule has 2 aromatic heterocycles. The number of nitrogens with zero attached hydrogens (tertiary/aromatic N) is 3. The third-order valence-corrected chi connectivity index (χ3v) is 6.36. The Kier molecular flexibility index (Phi) is 4.99. The van der Waals surface area contributed by atoms with Gasteiger partial charge in [-0.05, 0) is 48.2 Å². The Balaban J connectivity index is 1.42. The number of thiazole rings is 1. The molecule has 0 aliphatic heterocycles. The fourth-order valence-electron chi connectivity index (χ4n) is 3.59. The maximum atomic E-state index is 13.4. The van der Waals surface area contributed by atoms with Gasteiger partial charge in [0.05, 0.1) is 29.1 Å². The van der Waals surface area contributed by atoms with E-state index in [9.17, 15) is 9.59 Å². The van der Waals surface area contributed by atoms with Gasteiger partial charge in [0.2, 0.25) is 0 Å². The van der Waals surface area contributed by atoms with Gasteiger partial charge in [0, 0.05) is 24.3 Å². The molecule has 1 amide bonds. The number of ether oxygens (including phenoxy) is 1. The highest BCUT2D eigenvalue weighted by molar-refractivity contribution is 7.20. The lowest BCUT2D eigenvalue weighted by Gasteiger charge is -2.21. The Morgan fingerprint density at radius 2 is 2.06 bits per heavy atom. The molecule has 0 saturated heterocycles. The quantitative estimate of drug-likeness (QED) is 0.460. The molecule has 0 spiro atoms. The van der Waals surface area contributed by atoms with Crippen LogP contribution in [0.1, 0.15) is 38.6 Å². The van der Waals surface area contributed by atoms with Crippen molar-refractivity contribution < 1.29 is 14.3 Å². The zero-order chi connectivity index (χ0) is 21.4. The van der Waals surface area contributed by atoms with E-state index in [1.54, 1.807) is 18.3 Å². The minimum absolute atomic E-state index is 0.0722. The zero-order valence-electron chi connectivity index (χ0n) is 16.9. The summed E-state index contributed by atoms with van der Waals surface area (Å²) in [7, 11) is 1.36. The SMILES string of the molecule is COC(=O)c1cccc(CN(C(=O)c2nc3ccc(-c4cn[nH]c4)cc3s2)C2CC2)c1. The van der Waals surface area contributed by atoms with Crippen LogP contribution in [0.15, 0.2) is 54.9 Å². The minimum atomic E-state index is -0.384. The number of carbonyl (C=O) groups excluding carboxylic acids is 2. The van der Waals surface area contributed by atoms with E-state index in [1.165, 1.54) is 18.4 Å². The second-order valence-electron chi connectivity index (χ2n) is 7.54. The van der Waals surface area contributed by atoms with Gasteiger partial charge < -0.3 is 9.64 Å². The second-order valence-corrected chi connectivity index (χ2v) is 8.58. The van der Waals surface area contributed by atoms with Crippen molar-refractivity contribution in [2.45, 2.75) is 25.4 Å². The Morgan fingerprint density at radius 1 is 1.19 bits per heavy atom. The van der Waals surface area contributed by atoms with Crippen molar-refractivity contribution in [2.75, 3.05) is 7.11 Å². The minimum Gasteiger partial charge on any atom is -0.465 e. The van der Waals surface area contributed by atoms with Gasteiger partial charge in [0.1, 0.15) is 0 Å². The molecule has 2 heterocycles. The van der Waals surface area contributed by atoms with Crippen LogP contribution in [0.4, 0.5) is 0 Å². The van der Waals surface area contributed by atoms with E-state index >= 15 is 0 Å². The fraction of sp³-hybridized carbons (Fsp3) is 0.217. The number of hydrogen-bond acceptors (Lipinski definition) is 6. The second kappa shape index (κ2) is 7.96. The average molecular weight is 433 g/mol. The smallest absolute Gasteiger partial charge is 0.337 e. The van der Waals surface area contributed by atoms with Gasteiger partial charge in [-0.3, -0.25) is 9.89 Å². The first-order chi connectivity index (χ1) is 15.1. The molecule has 2 aromatic carbocycles. The maximum Gasteiger partial charge on any atom is 0.337 e. The van der Waals surface area contributed by atoms with Gasteiger partial charge in [0.15, 0.2) is 5.01 Å². The van der Waals surface area contributed by atoms with Crippen molar-refractivity contribution in [1.29, 1.82) is 0 Å². The van der Waals surface area contributed by atoms with Crippen molar-refractivity contribution in [3.63, 3.8) is 0 Å². The predicted octanol–water partition coefficient (Wildman–Crippen LogP) is 4.28. The van der Waals surface area contributed by atoms with Crippen LogP contribution in [0.25, 0.3) is 21.3 Å². The van der Waals surface area contributed by atoms with Crippen molar-refractivity contribution in [1.82, 2.24) is 20.1 Å². The summed E-state index contributed by atoms with van der Waals surface area (Å²) in [6.07, 6.45) is 5.58. The molecule has 1 fully saturated rings. The number of carbonyl (C=O) groups is 2. The largest absolute Gasteiger partial charge is 0.465 e. The molecule has 0 unspecified atom stereocenters. The molecule has 7 nitrogen and oxygen atoms in total. The number of amides is 1. The lowest BCUT2D eigenvalue weighted by molar-refractivity contribution is 0.0600. The van der Waals surface area contributed by atoms with Crippen LogP contribution in [0, 0.1) is 0 Å². The zero-order valence-corrected chi connectivity index (χ0v) is 17.7. The Labute approximate surface area is 182 Å². The highest BCUT2D eigenvalue weighted by Gasteiger charge is 2.34. The topological polar surface area (TPSA) is 88.2 Å². The molecule has 1 saturated carbocycles. The molecule has 0 bridgehead atoms. The lowest BCUT2D eigenvalue weighted by atomic mass is 10.1. The summed E-state index contributed by atoms with van der Waals surface area (Å²) in [6, 6.07) is 13.4. The first-order valence-corrected chi connectivity index (χ1v) is 10.8. The van der Waals surface area contributed by atoms with Crippen LogP contribution in [0.2, 0.25) is 0 Å². The van der Waals surface area contributed by atoms with Crippen LogP contribution in [-0.4, -0.2) is 45.1 Å². The standard InChI is InChI=1S/C23H20N4O3S/c1-30-23(29)16-4-2-3-14(9-16)13-27(18-6-7-18)22(28)21-26-19-8-5-15(10-20(19)31-21)17-11-24-25-12-17/h2-5,8-12,18H,6-7,13H2,1H3,(H,24,25). The third kappa shape index (κ3) is 3.94. The lowest BCUT2D eigenvalue weighted by Crippen LogP contribution is -2.32. The number of benzene rings is 2.